The third-order valence-electron chi connectivity index (χ3n) is 6.54. The van der Waals surface area contributed by atoms with E-state index in [1.807, 2.05) is 0 Å². The number of hydrogen-bond acceptors (Lipinski definition) is 2. The van der Waals surface area contributed by atoms with Crippen LogP contribution in [0.4, 0.5) is 0 Å². The smallest absolute Gasteiger partial charge is 0.0124 e. The molecule has 1 aliphatic carbocycles. The Morgan fingerprint density at radius 2 is 1.67 bits per heavy atom. The summed E-state index contributed by atoms with van der Waals surface area (Å²) in [4.78, 5) is 0. The predicted molar refractivity (Wildman–Crippen MR) is 92.7 cm³/mol. The average molecular weight is 295 g/mol. The van der Waals surface area contributed by atoms with E-state index in [4.69, 9.17) is 0 Å². The van der Waals surface area contributed by atoms with Crippen molar-refractivity contribution in [1.29, 1.82) is 0 Å². The minimum absolute atomic E-state index is 0.652. The van der Waals surface area contributed by atoms with E-state index < -0.39 is 0 Å². The molecule has 2 nitrogen and oxygen atoms in total. The lowest BCUT2D eigenvalue weighted by molar-refractivity contribution is 0.0491. The van der Waals surface area contributed by atoms with Gasteiger partial charge in [-0.3, -0.25) is 0 Å². The SMILES string of the molecule is CCCC1(CCC)CCC2(CCNC2CCCNC)CC1. The Balaban J connectivity index is 1.93. The summed E-state index contributed by atoms with van der Waals surface area (Å²) in [5.41, 5.74) is 1.35. The van der Waals surface area contributed by atoms with Crippen molar-refractivity contribution in [2.24, 2.45) is 10.8 Å². The molecule has 1 heterocycles. The average Bonchev–Trinajstić information content (AvgIpc) is 2.87. The van der Waals surface area contributed by atoms with E-state index in [-0.39, 0.29) is 0 Å². The Labute approximate surface area is 132 Å². The van der Waals surface area contributed by atoms with Crippen LogP contribution >= 0.6 is 0 Å². The van der Waals surface area contributed by atoms with Gasteiger partial charge in [0.05, 0.1) is 0 Å². The van der Waals surface area contributed by atoms with Gasteiger partial charge in [0.2, 0.25) is 0 Å². The molecular weight excluding hydrogens is 256 g/mol. The van der Waals surface area contributed by atoms with Gasteiger partial charge in [0.15, 0.2) is 0 Å². The highest BCUT2D eigenvalue weighted by Crippen LogP contribution is 2.54. The summed E-state index contributed by atoms with van der Waals surface area (Å²) in [6.07, 6.45) is 15.8. The lowest BCUT2D eigenvalue weighted by atomic mass is 9.58. The van der Waals surface area contributed by atoms with Crippen LogP contribution in [0.5, 0.6) is 0 Å². The van der Waals surface area contributed by atoms with Crippen LogP contribution in [0.2, 0.25) is 0 Å². The van der Waals surface area contributed by atoms with E-state index in [9.17, 15) is 0 Å². The van der Waals surface area contributed by atoms with Crippen LogP contribution < -0.4 is 10.6 Å². The first-order valence-corrected chi connectivity index (χ1v) is 9.58. The molecule has 1 saturated heterocycles. The second kappa shape index (κ2) is 7.97. The van der Waals surface area contributed by atoms with Gasteiger partial charge in [-0.05, 0) is 88.8 Å². The molecule has 1 aliphatic heterocycles. The van der Waals surface area contributed by atoms with E-state index in [2.05, 4.69) is 31.5 Å². The van der Waals surface area contributed by atoms with Gasteiger partial charge < -0.3 is 10.6 Å². The van der Waals surface area contributed by atoms with E-state index >= 15 is 0 Å². The molecule has 21 heavy (non-hydrogen) atoms. The maximum absolute atomic E-state index is 3.84. The van der Waals surface area contributed by atoms with Crippen LogP contribution in [-0.4, -0.2) is 26.2 Å². The first-order valence-electron chi connectivity index (χ1n) is 9.58. The first-order chi connectivity index (χ1) is 10.2. The lowest BCUT2D eigenvalue weighted by Crippen LogP contribution is -2.42. The molecule has 2 rings (SSSR count). The molecule has 0 aromatic heterocycles. The fourth-order valence-corrected chi connectivity index (χ4v) is 5.34. The van der Waals surface area contributed by atoms with Gasteiger partial charge in [0.25, 0.3) is 0 Å². The molecule has 1 saturated carbocycles. The molecular formula is C19H38N2. The Kier molecular flexibility index (Phi) is 6.55. The zero-order valence-corrected chi connectivity index (χ0v) is 14.8. The molecule has 0 radical (unpaired) electrons. The molecule has 2 fully saturated rings. The van der Waals surface area contributed by atoms with Gasteiger partial charge in [-0.25, -0.2) is 0 Å². The van der Waals surface area contributed by atoms with Crippen LogP contribution in [0.3, 0.4) is 0 Å². The predicted octanol–water partition coefficient (Wildman–Crippen LogP) is 4.49. The second-order valence-corrected chi connectivity index (χ2v) is 7.86. The molecule has 1 atom stereocenters. The van der Waals surface area contributed by atoms with Crippen molar-refractivity contribution in [1.82, 2.24) is 10.6 Å². The van der Waals surface area contributed by atoms with Gasteiger partial charge in [-0.2, -0.15) is 0 Å². The second-order valence-electron chi connectivity index (χ2n) is 7.86. The fraction of sp³-hybridized carbons (Fsp3) is 1.00. The summed E-state index contributed by atoms with van der Waals surface area (Å²) < 4.78 is 0. The molecule has 0 amide bonds. The zero-order chi connectivity index (χ0) is 15.2. The summed E-state index contributed by atoms with van der Waals surface area (Å²) >= 11 is 0. The van der Waals surface area contributed by atoms with Gasteiger partial charge in [-0.1, -0.05) is 26.7 Å². The van der Waals surface area contributed by atoms with E-state index in [0.29, 0.717) is 10.8 Å². The van der Waals surface area contributed by atoms with Crippen molar-refractivity contribution in [3.8, 4) is 0 Å². The summed E-state index contributed by atoms with van der Waals surface area (Å²) in [6.45, 7) is 7.18. The van der Waals surface area contributed by atoms with Gasteiger partial charge in [0.1, 0.15) is 0 Å². The minimum atomic E-state index is 0.652. The normalized spacial score (nSPS) is 27.3. The third kappa shape index (κ3) is 4.01. The molecule has 1 spiro atoms. The Morgan fingerprint density at radius 3 is 2.24 bits per heavy atom. The van der Waals surface area contributed by atoms with Gasteiger partial charge in [-0.15, -0.1) is 0 Å². The monoisotopic (exact) mass is 294 g/mol. The van der Waals surface area contributed by atoms with E-state index in [1.165, 1.54) is 83.7 Å². The Bertz CT molecular complexity index is 284. The highest BCUT2D eigenvalue weighted by molar-refractivity contribution is 5.02. The molecule has 2 N–H and O–H groups in total. The maximum atomic E-state index is 3.84. The fourth-order valence-electron chi connectivity index (χ4n) is 5.34. The first kappa shape index (κ1) is 17.3. The van der Waals surface area contributed by atoms with Crippen molar-refractivity contribution in [3.63, 3.8) is 0 Å². The summed E-state index contributed by atoms with van der Waals surface area (Å²) in [5, 5.41) is 7.14. The molecule has 2 aliphatic rings. The topological polar surface area (TPSA) is 24.1 Å². The largest absolute Gasteiger partial charge is 0.320 e. The van der Waals surface area contributed by atoms with Crippen LogP contribution in [0.25, 0.3) is 0 Å². The van der Waals surface area contributed by atoms with Crippen molar-refractivity contribution in [2.45, 2.75) is 90.5 Å². The summed E-state index contributed by atoms with van der Waals surface area (Å²) in [5.74, 6) is 0. The highest BCUT2D eigenvalue weighted by atomic mass is 15.0. The maximum Gasteiger partial charge on any atom is 0.0124 e. The van der Waals surface area contributed by atoms with E-state index in [1.54, 1.807) is 0 Å². The van der Waals surface area contributed by atoms with E-state index in [0.717, 1.165) is 6.04 Å². The van der Waals surface area contributed by atoms with Gasteiger partial charge in [0, 0.05) is 6.04 Å². The molecule has 124 valence electrons. The van der Waals surface area contributed by atoms with Crippen molar-refractivity contribution < 1.29 is 0 Å². The standard InChI is InChI=1S/C19H38N2/c1-4-8-18(9-5-2)10-12-19(13-11-18)14-16-21-17(19)7-6-15-20-3/h17,20-21H,4-16H2,1-3H3. The third-order valence-corrected chi connectivity index (χ3v) is 6.54. The molecule has 1 unspecified atom stereocenters. The van der Waals surface area contributed by atoms with Gasteiger partial charge >= 0.3 is 0 Å². The number of hydrogen-bond donors (Lipinski definition) is 2. The quantitative estimate of drug-likeness (QED) is 0.644. The number of nitrogens with one attached hydrogen (secondary N) is 2. The zero-order valence-electron chi connectivity index (χ0n) is 14.8. The highest BCUT2D eigenvalue weighted by Gasteiger charge is 2.47. The number of rotatable bonds is 8. The Morgan fingerprint density at radius 1 is 1.00 bits per heavy atom. The van der Waals surface area contributed by atoms with Crippen LogP contribution in [-0.2, 0) is 0 Å². The molecule has 0 aromatic rings. The van der Waals surface area contributed by atoms with Crippen molar-refractivity contribution >= 4 is 0 Å². The minimum Gasteiger partial charge on any atom is -0.320 e. The summed E-state index contributed by atoms with van der Waals surface area (Å²) in [7, 11) is 2.07. The van der Waals surface area contributed by atoms with Crippen LogP contribution in [0.15, 0.2) is 0 Å². The molecule has 0 aromatic carbocycles. The Hall–Kier alpha value is -0.0800. The van der Waals surface area contributed by atoms with Crippen molar-refractivity contribution in [2.75, 3.05) is 20.1 Å². The van der Waals surface area contributed by atoms with Crippen LogP contribution in [0, 0.1) is 10.8 Å². The van der Waals surface area contributed by atoms with Crippen molar-refractivity contribution in [3.05, 3.63) is 0 Å². The molecule has 0 bridgehead atoms. The molecule has 2 heteroatoms. The van der Waals surface area contributed by atoms with Crippen LogP contribution in [0.1, 0.15) is 84.5 Å². The lowest BCUT2D eigenvalue weighted by Gasteiger charge is -2.48. The summed E-state index contributed by atoms with van der Waals surface area (Å²) in [6, 6.07) is 0.798.